The van der Waals surface area contributed by atoms with Crippen LogP contribution in [-0.4, -0.2) is 72.6 Å². The Bertz CT molecular complexity index is 1720. The number of likely N-dealkylation sites (tertiary alicyclic amines) is 1. The number of piperidine rings is 1. The van der Waals surface area contributed by atoms with E-state index >= 15 is 0 Å². The summed E-state index contributed by atoms with van der Waals surface area (Å²) < 4.78 is 5.23. The summed E-state index contributed by atoms with van der Waals surface area (Å²) in [6.45, 7) is 5.09. The summed E-state index contributed by atoms with van der Waals surface area (Å²) in [6, 6.07) is 27.5. The van der Waals surface area contributed by atoms with Gasteiger partial charge in [0.2, 0.25) is 6.41 Å². The lowest BCUT2D eigenvalue weighted by molar-refractivity contribution is -0.384. The molecule has 5 rings (SSSR count). The molecule has 0 saturated carbocycles. The third kappa shape index (κ3) is 8.53. The number of azide groups is 1. The van der Waals surface area contributed by atoms with Crippen LogP contribution < -0.4 is 0 Å². The van der Waals surface area contributed by atoms with Crippen LogP contribution in [0.15, 0.2) is 106 Å². The third-order valence-corrected chi connectivity index (χ3v) is 10.3. The molecule has 3 aromatic rings. The number of methoxy groups -OCH3 is 1. The Morgan fingerprint density at radius 1 is 1.04 bits per heavy atom. The lowest BCUT2D eigenvalue weighted by atomic mass is 9.68. The van der Waals surface area contributed by atoms with Crippen molar-refractivity contribution < 1.29 is 19.2 Å². The molecule has 3 aromatic carbocycles. The Kier molecular flexibility index (Phi) is 12.7. The molecular weight excluding hydrogens is 646 g/mol. The van der Waals surface area contributed by atoms with Crippen LogP contribution in [0.4, 0.5) is 5.69 Å². The van der Waals surface area contributed by atoms with Crippen molar-refractivity contribution in [2.24, 2.45) is 16.0 Å². The minimum atomic E-state index is -0.827. The number of hydrogen-bond donors (Lipinski definition) is 0. The number of non-ortho nitro benzene ring substituents is 1. The van der Waals surface area contributed by atoms with Gasteiger partial charge in [-0.15, -0.1) is 0 Å². The fraction of sp³-hybridized carbons (Fsp3) is 0.410. The number of ether oxygens (including phenoxy) is 1. The number of allylic oxidation sites excluding steroid dienone is 2. The summed E-state index contributed by atoms with van der Waals surface area (Å²) in [4.78, 5) is 49.1. The first-order valence-corrected chi connectivity index (χ1v) is 17.5. The van der Waals surface area contributed by atoms with E-state index in [2.05, 4.69) is 75.6 Å². The van der Waals surface area contributed by atoms with E-state index in [1.165, 1.54) is 30.4 Å². The maximum absolute atomic E-state index is 13.3. The van der Waals surface area contributed by atoms with Crippen LogP contribution in [0.2, 0.25) is 0 Å². The summed E-state index contributed by atoms with van der Waals surface area (Å²) in [7, 11) is 1.32. The predicted octanol–water partition coefficient (Wildman–Crippen LogP) is 7.56. The molecule has 0 aromatic heterocycles. The molecule has 2 atom stereocenters. The van der Waals surface area contributed by atoms with Crippen molar-refractivity contribution in [1.29, 1.82) is 0 Å². The number of nitro benzene ring substituents is 1. The monoisotopic (exact) mass is 691 g/mol. The molecule has 2 unspecified atom stereocenters. The summed E-state index contributed by atoms with van der Waals surface area (Å²) in [5.41, 5.74) is 13.7. The number of rotatable bonds is 16. The zero-order valence-electron chi connectivity index (χ0n) is 29.3. The molecule has 1 saturated heterocycles. The number of amides is 1. The van der Waals surface area contributed by atoms with Gasteiger partial charge in [-0.05, 0) is 87.3 Å². The number of carbonyl (C=O) groups is 2. The first kappa shape index (κ1) is 36.9. The molecule has 0 N–H and O–H groups in total. The topological polar surface area (TPSA) is 154 Å². The van der Waals surface area contributed by atoms with Gasteiger partial charge in [0.15, 0.2) is 0 Å². The van der Waals surface area contributed by atoms with Gasteiger partial charge < -0.3 is 14.5 Å². The van der Waals surface area contributed by atoms with Crippen LogP contribution in [-0.2, 0) is 19.7 Å². The highest BCUT2D eigenvalue weighted by Gasteiger charge is 2.42. The van der Waals surface area contributed by atoms with Gasteiger partial charge in [0.05, 0.1) is 23.4 Å². The van der Waals surface area contributed by atoms with Gasteiger partial charge in [-0.2, -0.15) is 0 Å². The Labute approximate surface area is 298 Å². The second kappa shape index (κ2) is 17.6. The maximum Gasteiger partial charge on any atom is 0.315 e. The zero-order chi connectivity index (χ0) is 36.2. The highest BCUT2D eigenvalue weighted by Crippen LogP contribution is 2.44. The highest BCUT2D eigenvalue weighted by molar-refractivity contribution is 6.03. The maximum atomic E-state index is 13.3. The molecule has 12 heteroatoms. The Morgan fingerprint density at radius 2 is 1.67 bits per heavy atom. The smallest absolute Gasteiger partial charge is 0.315 e. The van der Waals surface area contributed by atoms with Crippen molar-refractivity contribution in [3.63, 3.8) is 0 Å². The number of aliphatic imine (C=N–C) groups is 1. The predicted molar refractivity (Wildman–Crippen MR) is 196 cm³/mol. The Hall–Kier alpha value is -5.32. The SMILES string of the molecule is COC(=O)C1C(C)=NC(CCCCN=[N+]=[N-])=C(N(C=O)CCCN2CCC(c3ccccc3)(c3ccccc3)CC2)C1c1ccc([N+](=O)[O-])cc1. The number of carbonyl (C=O) groups excluding carboxylic acids is 2. The molecule has 2 aliphatic rings. The molecule has 0 radical (unpaired) electrons. The van der Waals surface area contributed by atoms with E-state index in [1.54, 1.807) is 24.0 Å². The van der Waals surface area contributed by atoms with Crippen LogP contribution in [0.5, 0.6) is 0 Å². The highest BCUT2D eigenvalue weighted by atomic mass is 16.6. The largest absolute Gasteiger partial charge is 0.468 e. The Morgan fingerprint density at radius 3 is 2.22 bits per heavy atom. The molecule has 0 bridgehead atoms. The molecular formula is C39H45N7O5. The van der Waals surface area contributed by atoms with E-state index in [1.807, 2.05) is 0 Å². The van der Waals surface area contributed by atoms with E-state index in [0.29, 0.717) is 61.4 Å². The van der Waals surface area contributed by atoms with E-state index in [9.17, 15) is 19.7 Å². The van der Waals surface area contributed by atoms with Gasteiger partial charge in [0.1, 0.15) is 5.92 Å². The van der Waals surface area contributed by atoms with Crippen molar-refractivity contribution in [2.75, 3.05) is 39.8 Å². The van der Waals surface area contributed by atoms with Gasteiger partial charge in [0.25, 0.3) is 5.69 Å². The number of benzene rings is 3. The van der Waals surface area contributed by atoms with Crippen LogP contribution in [0.1, 0.15) is 68.1 Å². The molecule has 1 amide bonds. The lowest BCUT2D eigenvalue weighted by Crippen LogP contribution is -2.44. The molecule has 2 aliphatic heterocycles. The van der Waals surface area contributed by atoms with Crippen LogP contribution in [0, 0.1) is 16.0 Å². The van der Waals surface area contributed by atoms with Crippen molar-refractivity contribution in [2.45, 2.75) is 56.8 Å². The number of unbranched alkanes of at least 4 members (excludes halogenated alkanes) is 1. The number of esters is 1. The van der Waals surface area contributed by atoms with Gasteiger partial charge in [-0.3, -0.25) is 24.7 Å². The van der Waals surface area contributed by atoms with E-state index < -0.39 is 22.7 Å². The quantitative estimate of drug-likeness (QED) is 0.0221. The van der Waals surface area contributed by atoms with Crippen molar-refractivity contribution in [3.8, 4) is 0 Å². The Balaban J connectivity index is 1.39. The summed E-state index contributed by atoms with van der Waals surface area (Å²) >= 11 is 0. The number of hydrogen-bond acceptors (Lipinski definition) is 8. The van der Waals surface area contributed by atoms with Gasteiger partial charge >= 0.3 is 5.97 Å². The summed E-state index contributed by atoms with van der Waals surface area (Å²) in [6.07, 6.45) is 5.19. The van der Waals surface area contributed by atoms with E-state index in [-0.39, 0.29) is 11.1 Å². The fourth-order valence-corrected chi connectivity index (χ4v) is 7.66. The number of nitro groups is 1. The van der Waals surface area contributed by atoms with Crippen LogP contribution in [0.25, 0.3) is 10.4 Å². The van der Waals surface area contributed by atoms with E-state index in [4.69, 9.17) is 15.3 Å². The first-order chi connectivity index (χ1) is 24.8. The van der Waals surface area contributed by atoms with Gasteiger partial charge in [-0.1, -0.05) is 77.9 Å². The minimum Gasteiger partial charge on any atom is -0.468 e. The van der Waals surface area contributed by atoms with Crippen molar-refractivity contribution in [1.82, 2.24) is 9.80 Å². The van der Waals surface area contributed by atoms with Crippen LogP contribution >= 0.6 is 0 Å². The third-order valence-electron chi connectivity index (χ3n) is 10.3. The average molecular weight is 692 g/mol. The van der Waals surface area contributed by atoms with Gasteiger partial charge in [0, 0.05) is 47.2 Å². The van der Waals surface area contributed by atoms with Crippen molar-refractivity contribution >= 4 is 23.8 Å². The minimum absolute atomic E-state index is 0.0645. The second-order valence-electron chi connectivity index (χ2n) is 13.1. The molecule has 12 nitrogen and oxygen atoms in total. The molecule has 0 aliphatic carbocycles. The van der Waals surface area contributed by atoms with Crippen LogP contribution in [0.3, 0.4) is 0 Å². The molecule has 0 spiro atoms. The molecule has 266 valence electrons. The zero-order valence-corrected chi connectivity index (χ0v) is 29.3. The van der Waals surface area contributed by atoms with Crippen molar-refractivity contribution in [3.05, 3.63) is 134 Å². The van der Waals surface area contributed by atoms with E-state index in [0.717, 1.165) is 38.9 Å². The lowest BCUT2D eigenvalue weighted by Gasteiger charge is -2.43. The molecule has 51 heavy (non-hydrogen) atoms. The fourth-order valence-electron chi connectivity index (χ4n) is 7.66. The standard InChI is InChI=1S/C39H45N7O5/c1-29-35(38(48)51-2)36(30-17-19-33(20-18-30)46(49)50)37(34(42-29)16-9-10-23-41-43-40)45(28-47)25-11-24-44-26-21-39(22-27-44,31-12-5-3-6-13-31)32-14-7-4-8-15-32/h3-8,12-15,17-20,28,35-36H,9-11,16,21-27H2,1-2H3. The average Bonchev–Trinajstić information content (AvgIpc) is 3.17. The summed E-state index contributed by atoms with van der Waals surface area (Å²) in [5, 5.41) is 15.1. The molecule has 2 heterocycles. The first-order valence-electron chi connectivity index (χ1n) is 17.5. The van der Waals surface area contributed by atoms with Gasteiger partial charge in [-0.25, -0.2) is 0 Å². The molecule has 1 fully saturated rings. The second-order valence-corrected chi connectivity index (χ2v) is 13.1. The normalized spacial score (nSPS) is 18.7. The summed E-state index contributed by atoms with van der Waals surface area (Å²) in [5.74, 6) is -1.98. The number of nitrogens with zero attached hydrogens (tertiary/aromatic N) is 7.